The zero-order valence-corrected chi connectivity index (χ0v) is 21.5. The van der Waals surface area contributed by atoms with Gasteiger partial charge in [0.2, 0.25) is 0 Å². The molecular weight excluding hydrogens is 356 g/mol. The van der Waals surface area contributed by atoms with Crippen LogP contribution in [0.25, 0.3) is 0 Å². The van der Waals surface area contributed by atoms with E-state index in [2.05, 4.69) is 57.4 Å². The molecule has 0 aliphatic carbocycles. The fourth-order valence-electron chi connectivity index (χ4n) is 2.68. The first kappa shape index (κ1) is 28.5. The molecule has 0 atom stereocenters. The molecule has 0 amide bonds. The molecule has 0 radical (unpaired) electrons. The van der Waals surface area contributed by atoms with Crippen LogP contribution in [-0.2, 0) is 8.85 Å². The highest BCUT2D eigenvalue weighted by Crippen LogP contribution is 2.15. The summed E-state index contributed by atoms with van der Waals surface area (Å²) in [5.41, 5.74) is 0. The van der Waals surface area contributed by atoms with Crippen molar-refractivity contribution >= 4 is 16.6 Å². The summed E-state index contributed by atoms with van der Waals surface area (Å²) in [5.74, 6) is 0. The largest absolute Gasteiger partial charge is 0.395 e. The Morgan fingerprint density at radius 1 is 0.769 bits per heavy atom. The summed E-state index contributed by atoms with van der Waals surface area (Å²) >= 11 is 0. The molecule has 26 heavy (non-hydrogen) atoms. The predicted molar refractivity (Wildman–Crippen MR) is 123 cm³/mol. The summed E-state index contributed by atoms with van der Waals surface area (Å²) in [5, 5.41) is 3.48. The Hall–Kier alpha value is 0.274. The molecule has 0 aliphatic heterocycles. The maximum Gasteiger partial charge on any atom is 0.334 e. The Balaban J connectivity index is 0. The topological polar surface area (TPSA) is 33.7 Å². The van der Waals surface area contributed by atoms with E-state index < -0.39 is 16.6 Å². The molecule has 6 heteroatoms. The van der Waals surface area contributed by atoms with Gasteiger partial charge in [0.25, 0.3) is 0 Å². The van der Waals surface area contributed by atoms with Crippen LogP contribution in [0.5, 0.6) is 0 Å². The van der Waals surface area contributed by atoms with E-state index in [1.54, 1.807) is 0 Å². The molecule has 160 valence electrons. The Bertz CT molecular complexity index is 292. The van der Waals surface area contributed by atoms with Crippen molar-refractivity contribution in [3.05, 3.63) is 0 Å². The smallest absolute Gasteiger partial charge is 0.334 e. The van der Waals surface area contributed by atoms with Gasteiger partial charge in [-0.15, -0.1) is 0 Å². The molecule has 0 spiro atoms. The average molecular weight is 407 g/mol. The molecule has 0 fully saturated rings. The highest BCUT2D eigenvalue weighted by Gasteiger charge is 2.29. The first-order chi connectivity index (χ1) is 12.1. The van der Waals surface area contributed by atoms with Gasteiger partial charge < -0.3 is 19.1 Å². The number of unbranched alkanes of at least 4 members (excludes halogenated alkanes) is 1. The SMILES string of the molecule is CCCCNCCC[Si](C)(C)C.CCO[Si](C)(CCCN(C)C)OCC. The molecule has 0 unspecified atom stereocenters. The average Bonchev–Trinajstić information content (AvgIpc) is 2.50. The third-order valence-corrected chi connectivity index (χ3v) is 9.04. The number of rotatable bonds is 15. The molecular formula is C20H50N2O2Si2. The molecule has 0 aromatic rings. The molecule has 0 aromatic heterocycles. The third kappa shape index (κ3) is 22.3. The van der Waals surface area contributed by atoms with Gasteiger partial charge in [-0.3, -0.25) is 0 Å². The third-order valence-electron chi connectivity index (χ3n) is 4.12. The second kappa shape index (κ2) is 17.4. The van der Waals surface area contributed by atoms with Gasteiger partial charge in [0, 0.05) is 21.3 Å². The standard InChI is InChI=1S/C10H25NO2Si.C10H25NSi/c1-6-12-14(5,13-7-2)10-8-9-11(3)4;1-5-6-8-11-9-7-10-12(2,3)4/h6-10H2,1-5H3;11H,5-10H2,1-4H3. The summed E-state index contributed by atoms with van der Waals surface area (Å²) in [7, 11) is 1.59. The van der Waals surface area contributed by atoms with Gasteiger partial charge in [-0.25, -0.2) is 0 Å². The van der Waals surface area contributed by atoms with Crippen LogP contribution in [0.4, 0.5) is 0 Å². The second-order valence-electron chi connectivity index (χ2n) is 8.67. The first-order valence-corrected chi connectivity index (χ1v) is 17.0. The number of nitrogens with zero attached hydrogens (tertiary/aromatic N) is 1. The molecule has 4 nitrogen and oxygen atoms in total. The summed E-state index contributed by atoms with van der Waals surface area (Å²) in [4.78, 5) is 2.20. The molecule has 0 bridgehead atoms. The van der Waals surface area contributed by atoms with E-state index in [0.717, 1.165) is 32.2 Å². The Morgan fingerprint density at radius 2 is 1.31 bits per heavy atom. The van der Waals surface area contributed by atoms with Crippen LogP contribution >= 0.6 is 0 Å². The van der Waals surface area contributed by atoms with E-state index in [1.165, 1.54) is 38.4 Å². The van der Waals surface area contributed by atoms with Crippen molar-refractivity contribution in [2.75, 3.05) is 46.9 Å². The summed E-state index contributed by atoms with van der Waals surface area (Å²) in [6.07, 6.45) is 5.17. The van der Waals surface area contributed by atoms with Gasteiger partial charge in [0.1, 0.15) is 0 Å². The second-order valence-corrected chi connectivity index (χ2v) is 17.6. The lowest BCUT2D eigenvalue weighted by molar-refractivity contribution is 0.187. The molecule has 0 aliphatic rings. The summed E-state index contributed by atoms with van der Waals surface area (Å²) in [6, 6.07) is 2.55. The maximum absolute atomic E-state index is 5.75. The highest BCUT2D eigenvalue weighted by molar-refractivity contribution is 6.76. The van der Waals surface area contributed by atoms with Crippen LogP contribution < -0.4 is 5.32 Å². The fraction of sp³-hybridized carbons (Fsp3) is 1.00. The van der Waals surface area contributed by atoms with E-state index in [9.17, 15) is 0 Å². The molecule has 0 saturated heterocycles. The Morgan fingerprint density at radius 3 is 1.73 bits per heavy atom. The van der Waals surface area contributed by atoms with Gasteiger partial charge in [0.05, 0.1) is 0 Å². The van der Waals surface area contributed by atoms with E-state index >= 15 is 0 Å². The van der Waals surface area contributed by atoms with Gasteiger partial charge in [-0.1, -0.05) is 39.0 Å². The van der Waals surface area contributed by atoms with Crippen LogP contribution in [0.15, 0.2) is 0 Å². The van der Waals surface area contributed by atoms with Crippen molar-refractivity contribution in [1.82, 2.24) is 10.2 Å². The number of hydrogen-bond donors (Lipinski definition) is 1. The highest BCUT2D eigenvalue weighted by atomic mass is 28.4. The quantitative estimate of drug-likeness (QED) is 0.300. The van der Waals surface area contributed by atoms with E-state index in [0.29, 0.717) is 0 Å². The zero-order valence-electron chi connectivity index (χ0n) is 19.5. The van der Waals surface area contributed by atoms with Gasteiger partial charge in [0.15, 0.2) is 0 Å². The molecule has 0 heterocycles. The van der Waals surface area contributed by atoms with E-state index in [4.69, 9.17) is 8.85 Å². The summed E-state index contributed by atoms with van der Waals surface area (Å²) in [6.45, 7) is 20.9. The van der Waals surface area contributed by atoms with E-state index in [-0.39, 0.29) is 0 Å². The predicted octanol–water partition coefficient (Wildman–Crippen LogP) is 5.19. The van der Waals surface area contributed by atoms with Crippen LogP contribution in [0.2, 0.25) is 38.3 Å². The minimum atomic E-state index is -1.84. The van der Waals surface area contributed by atoms with Crippen molar-refractivity contribution < 1.29 is 8.85 Å². The van der Waals surface area contributed by atoms with Crippen LogP contribution in [0, 0.1) is 0 Å². The molecule has 0 rings (SSSR count). The number of hydrogen-bond acceptors (Lipinski definition) is 4. The van der Waals surface area contributed by atoms with Crippen molar-refractivity contribution in [1.29, 1.82) is 0 Å². The molecule has 0 aromatic carbocycles. The van der Waals surface area contributed by atoms with Crippen molar-refractivity contribution in [3.63, 3.8) is 0 Å². The van der Waals surface area contributed by atoms with Crippen molar-refractivity contribution in [2.24, 2.45) is 0 Å². The molecule has 0 saturated carbocycles. The van der Waals surface area contributed by atoms with Gasteiger partial charge in [-0.05, 0) is 79.4 Å². The maximum atomic E-state index is 5.75. The normalized spacial score (nSPS) is 12.2. The minimum absolute atomic E-state index is 0.766. The Kier molecular flexibility index (Phi) is 19.0. The molecule has 1 N–H and O–H groups in total. The van der Waals surface area contributed by atoms with E-state index in [1.807, 2.05) is 13.8 Å². The van der Waals surface area contributed by atoms with Gasteiger partial charge in [-0.2, -0.15) is 0 Å². The van der Waals surface area contributed by atoms with Crippen LogP contribution in [0.1, 0.15) is 46.5 Å². The van der Waals surface area contributed by atoms with Crippen molar-refractivity contribution in [3.8, 4) is 0 Å². The zero-order chi connectivity index (χ0) is 20.5. The first-order valence-electron chi connectivity index (χ1n) is 10.7. The van der Waals surface area contributed by atoms with Gasteiger partial charge >= 0.3 is 8.56 Å². The summed E-state index contributed by atoms with van der Waals surface area (Å²) < 4.78 is 11.5. The van der Waals surface area contributed by atoms with Crippen LogP contribution in [0.3, 0.4) is 0 Å². The monoisotopic (exact) mass is 406 g/mol. The number of nitrogens with one attached hydrogen (secondary N) is 1. The fourth-order valence-corrected chi connectivity index (χ4v) is 6.31. The Labute approximate surface area is 167 Å². The lowest BCUT2D eigenvalue weighted by Gasteiger charge is -2.26. The minimum Gasteiger partial charge on any atom is -0.395 e. The lowest BCUT2D eigenvalue weighted by atomic mass is 10.3. The lowest BCUT2D eigenvalue weighted by Crippen LogP contribution is -2.39. The van der Waals surface area contributed by atoms with Crippen LogP contribution in [-0.4, -0.2) is 68.5 Å². The van der Waals surface area contributed by atoms with Crippen molar-refractivity contribution in [2.45, 2.75) is 84.7 Å².